The third kappa shape index (κ3) is 3.27. The maximum Gasteiger partial charge on any atom is 0.0897 e. The average Bonchev–Trinajstić information content (AvgIpc) is 2.49. The van der Waals surface area contributed by atoms with Crippen molar-refractivity contribution in [2.24, 2.45) is 0 Å². The molecule has 0 spiro atoms. The number of rotatable bonds is 2. The van der Waals surface area contributed by atoms with Gasteiger partial charge in [-0.15, -0.1) is 11.3 Å². The molecule has 1 aliphatic heterocycles. The lowest BCUT2D eigenvalue weighted by molar-refractivity contribution is 0.225. The number of nitrogens with zero attached hydrogens (tertiary/aromatic N) is 2. The van der Waals surface area contributed by atoms with Crippen LogP contribution in [-0.2, 0) is 6.54 Å². The van der Waals surface area contributed by atoms with E-state index >= 15 is 0 Å². The first-order chi connectivity index (χ1) is 7.55. The van der Waals surface area contributed by atoms with Gasteiger partial charge in [0, 0.05) is 29.7 Å². The Labute approximate surface area is 102 Å². The molecule has 90 valence electrons. The lowest BCUT2D eigenvalue weighted by Gasteiger charge is -2.29. The molecule has 0 radical (unpaired) electrons. The minimum Gasteiger partial charge on any atom is -0.310 e. The Morgan fingerprint density at radius 2 is 2.38 bits per heavy atom. The van der Waals surface area contributed by atoms with Gasteiger partial charge in [0.25, 0.3) is 0 Å². The van der Waals surface area contributed by atoms with E-state index in [9.17, 15) is 0 Å². The molecule has 1 saturated heterocycles. The summed E-state index contributed by atoms with van der Waals surface area (Å²) in [6.45, 7) is 11.1. The molecule has 1 N–H and O–H groups in total. The van der Waals surface area contributed by atoms with Crippen molar-refractivity contribution >= 4 is 11.3 Å². The Kier molecular flexibility index (Phi) is 3.62. The van der Waals surface area contributed by atoms with Crippen LogP contribution in [0.15, 0.2) is 6.20 Å². The Hall–Kier alpha value is -0.450. The predicted octanol–water partition coefficient (Wildman–Crippen LogP) is 2.03. The van der Waals surface area contributed by atoms with Gasteiger partial charge in [0.05, 0.1) is 5.01 Å². The van der Waals surface area contributed by atoms with Crippen molar-refractivity contribution < 1.29 is 0 Å². The molecule has 0 amide bonds. The topological polar surface area (TPSA) is 28.2 Å². The highest BCUT2D eigenvalue weighted by Crippen LogP contribution is 2.17. The van der Waals surface area contributed by atoms with Gasteiger partial charge in [0.2, 0.25) is 0 Å². The zero-order chi connectivity index (χ0) is 11.6. The fraction of sp³-hybridized carbons (Fsp3) is 0.750. The molecule has 0 bridgehead atoms. The number of hydrogen-bond acceptors (Lipinski definition) is 4. The van der Waals surface area contributed by atoms with Crippen LogP contribution in [0, 0.1) is 6.92 Å². The zero-order valence-electron chi connectivity index (χ0n) is 10.4. The van der Waals surface area contributed by atoms with Gasteiger partial charge in [-0.3, -0.25) is 4.90 Å². The van der Waals surface area contributed by atoms with Crippen molar-refractivity contribution in [3.05, 3.63) is 16.1 Å². The van der Waals surface area contributed by atoms with E-state index in [0.717, 1.165) is 19.6 Å². The van der Waals surface area contributed by atoms with Crippen LogP contribution in [0.4, 0.5) is 0 Å². The van der Waals surface area contributed by atoms with Crippen LogP contribution in [0.25, 0.3) is 0 Å². The van der Waals surface area contributed by atoms with Crippen LogP contribution >= 0.6 is 11.3 Å². The average molecular weight is 239 g/mol. The SMILES string of the molecule is Cc1ncc(CN2CCCNC(C)(C)C2)s1. The molecule has 0 saturated carbocycles. The lowest BCUT2D eigenvalue weighted by atomic mass is 10.1. The molecule has 16 heavy (non-hydrogen) atoms. The third-order valence-corrected chi connectivity index (χ3v) is 3.82. The summed E-state index contributed by atoms with van der Waals surface area (Å²) in [5.41, 5.74) is 0.232. The first-order valence-corrected chi connectivity index (χ1v) is 6.75. The van der Waals surface area contributed by atoms with E-state index in [4.69, 9.17) is 0 Å². The van der Waals surface area contributed by atoms with Crippen molar-refractivity contribution in [1.82, 2.24) is 15.2 Å². The Morgan fingerprint density at radius 1 is 1.56 bits per heavy atom. The highest BCUT2D eigenvalue weighted by atomic mass is 32.1. The first kappa shape index (κ1) is 12.0. The molecule has 0 unspecified atom stereocenters. The normalized spacial score (nSPS) is 21.9. The lowest BCUT2D eigenvalue weighted by Crippen LogP contribution is -2.46. The third-order valence-electron chi connectivity index (χ3n) is 2.92. The van der Waals surface area contributed by atoms with Crippen LogP contribution < -0.4 is 5.32 Å². The van der Waals surface area contributed by atoms with Crippen LogP contribution in [-0.4, -0.2) is 35.1 Å². The number of nitrogens with one attached hydrogen (secondary N) is 1. The second kappa shape index (κ2) is 4.82. The van der Waals surface area contributed by atoms with Crippen molar-refractivity contribution in [2.45, 2.75) is 39.3 Å². The van der Waals surface area contributed by atoms with Crippen molar-refractivity contribution in [3.63, 3.8) is 0 Å². The Morgan fingerprint density at radius 3 is 3.06 bits per heavy atom. The fourth-order valence-electron chi connectivity index (χ4n) is 2.26. The maximum atomic E-state index is 4.32. The number of aromatic nitrogens is 1. The summed E-state index contributed by atoms with van der Waals surface area (Å²) in [5, 5.41) is 4.76. The molecule has 1 aliphatic rings. The summed E-state index contributed by atoms with van der Waals surface area (Å²) in [4.78, 5) is 8.24. The zero-order valence-corrected chi connectivity index (χ0v) is 11.2. The van der Waals surface area contributed by atoms with Crippen LogP contribution in [0.1, 0.15) is 30.2 Å². The van der Waals surface area contributed by atoms with Gasteiger partial charge in [-0.25, -0.2) is 4.98 Å². The van der Waals surface area contributed by atoms with E-state index in [1.54, 1.807) is 0 Å². The standard InChI is InChI=1S/C12H21N3S/c1-10-13-7-11(16-10)8-15-6-4-5-14-12(2,3)9-15/h7,14H,4-6,8-9H2,1-3H3. The number of hydrogen-bond donors (Lipinski definition) is 1. The molecule has 1 fully saturated rings. The summed E-state index contributed by atoms with van der Waals surface area (Å²) < 4.78 is 0. The van der Waals surface area contributed by atoms with Crippen molar-refractivity contribution in [1.29, 1.82) is 0 Å². The molecule has 1 aromatic heterocycles. The molecule has 2 rings (SSSR count). The maximum absolute atomic E-state index is 4.32. The summed E-state index contributed by atoms with van der Waals surface area (Å²) in [6, 6.07) is 0. The molecule has 1 aromatic rings. The van der Waals surface area contributed by atoms with E-state index in [1.807, 2.05) is 17.5 Å². The Bertz CT molecular complexity index is 346. The fourth-order valence-corrected chi connectivity index (χ4v) is 3.09. The first-order valence-electron chi connectivity index (χ1n) is 5.94. The minimum atomic E-state index is 0.232. The second-order valence-electron chi connectivity index (χ2n) is 5.22. The summed E-state index contributed by atoms with van der Waals surface area (Å²) in [7, 11) is 0. The summed E-state index contributed by atoms with van der Waals surface area (Å²) in [6.07, 6.45) is 3.26. The molecular formula is C12H21N3S. The van der Waals surface area contributed by atoms with Crippen LogP contribution in [0.3, 0.4) is 0 Å². The summed E-state index contributed by atoms with van der Waals surface area (Å²) >= 11 is 1.82. The quantitative estimate of drug-likeness (QED) is 0.856. The van der Waals surface area contributed by atoms with Crippen LogP contribution in [0.5, 0.6) is 0 Å². The van der Waals surface area contributed by atoms with Crippen molar-refractivity contribution in [3.8, 4) is 0 Å². The van der Waals surface area contributed by atoms with Gasteiger partial charge in [0.15, 0.2) is 0 Å². The van der Waals surface area contributed by atoms with Gasteiger partial charge >= 0.3 is 0 Å². The van der Waals surface area contributed by atoms with Gasteiger partial charge in [-0.05, 0) is 40.3 Å². The van der Waals surface area contributed by atoms with Crippen LogP contribution in [0.2, 0.25) is 0 Å². The molecule has 3 nitrogen and oxygen atoms in total. The molecular weight excluding hydrogens is 218 g/mol. The van der Waals surface area contributed by atoms with E-state index in [1.165, 1.54) is 22.9 Å². The van der Waals surface area contributed by atoms with E-state index < -0.39 is 0 Å². The largest absolute Gasteiger partial charge is 0.310 e. The highest BCUT2D eigenvalue weighted by molar-refractivity contribution is 7.11. The highest BCUT2D eigenvalue weighted by Gasteiger charge is 2.24. The number of aryl methyl sites for hydroxylation is 1. The van der Waals surface area contributed by atoms with E-state index in [-0.39, 0.29) is 5.54 Å². The molecule has 0 atom stereocenters. The number of thiazole rings is 1. The molecule has 0 aromatic carbocycles. The second-order valence-corrected chi connectivity index (χ2v) is 6.54. The molecule has 0 aliphatic carbocycles. The van der Waals surface area contributed by atoms with E-state index in [0.29, 0.717) is 0 Å². The molecule has 4 heteroatoms. The van der Waals surface area contributed by atoms with Gasteiger partial charge in [-0.2, -0.15) is 0 Å². The predicted molar refractivity (Wildman–Crippen MR) is 68.8 cm³/mol. The van der Waals surface area contributed by atoms with Gasteiger partial charge in [-0.1, -0.05) is 0 Å². The Balaban J connectivity index is 1.98. The van der Waals surface area contributed by atoms with E-state index in [2.05, 4.69) is 36.0 Å². The van der Waals surface area contributed by atoms with Gasteiger partial charge < -0.3 is 5.32 Å². The smallest absolute Gasteiger partial charge is 0.0897 e. The minimum absolute atomic E-state index is 0.232. The van der Waals surface area contributed by atoms with Gasteiger partial charge in [0.1, 0.15) is 0 Å². The molecule has 2 heterocycles. The monoisotopic (exact) mass is 239 g/mol. The summed E-state index contributed by atoms with van der Waals surface area (Å²) in [5.74, 6) is 0. The van der Waals surface area contributed by atoms with Crippen molar-refractivity contribution in [2.75, 3.05) is 19.6 Å².